The number of benzene rings is 2. The Labute approximate surface area is 169 Å². The third kappa shape index (κ3) is 5.52. The summed E-state index contributed by atoms with van der Waals surface area (Å²) in [4.78, 5) is 47.5. The van der Waals surface area contributed by atoms with E-state index in [-0.39, 0.29) is 21.8 Å². The molecular formula is C19H15ClFNO7. The van der Waals surface area contributed by atoms with Crippen LogP contribution in [-0.2, 0) is 19.0 Å². The molecule has 1 amide bonds. The number of methoxy groups -OCH3 is 2. The standard InChI is InChI=1S/C19H15ClFNO7/c1-27-17(24)10-6-11(18(25)28-2)8-12(7-10)22-15(23)9-29-19(26)16-13(20)4-3-5-14(16)21/h3-8H,9H2,1-2H3,(H,22,23). The van der Waals surface area contributed by atoms with Gasteiger partial charge in [0.15, 0.2) is 6.61 Å². The van der Waals surface area contributed by atoms with Crippen molar-refractivity contribution in [2.75, 3.05) is 26.1 Å². The van der Waals surface area contributed by atoms with Gasteiger partial charge in [-0.2, -0.15) is 0 Å². The van der Waals surface area contributed by atoms with E-state index in [0.717, 1.165) is 20.3 Å². The van der Waals surface area contributed by atoms with Gasteiger partial charge in [0.2, 0.25) is 0 Å². The lowest BCUT2D eigenvalue weighted by Crippen LogP contribution is -2.22. The zero-order valence-electron chi connectivity index (χ0n) is 15.3. The van der Waals surface area contributed by atoms with Gasteiger partial charge in [-0.15, -0.1) is 0 Å². The fourth-order valence-electron chi connectivity index (χ4n) is 2.26. The first-order chi connectivity index (χ1) is 13.8. The Kier molecular flexibility index (Phi) is 7.27. The van der Waals surface area contributed by atoms with Gasteiger partial charge in [0, 0.05) is 5.69 Å². The predicted molar refractivity (Wildman–Crippen MR) is 99.4 cm³/mol. The van der Waals surface area contributed by atoms with Crippen molar-refractivity contribution < 1.29 is 37.8 Å². The Balaban J connectivity index is 2.12. The number of hydrogen-bond donors (Lipinski definition) is 1. The van der Waals surface area contributed by atoms with Crippen LogP contribution in [0.5, 0.6) is 0 Å². The molecule has 0 saturated heterocycles. The van der Waals surface area contributed by atoms with Crippen LogP contribution in [0.2, 0.25) is 5.02 Å². The third-order valence-corrected chi connectivity index (χ3v) is 3.88. The van der Waals surface area contributed by atoms with Crippen LogP contribution >= 0.6 is 11.6 Å². The fourth-order valence-corrected chi connectivity index (χ4v) is 2.50. The maximum Gasteiger partial charge on any atom is 0.343 e. The predicted octanol–water partition coefficient (Wildman–Crippen LogP) is 2.85. The average Bonchev–Trinajstić information content (AvgIpc) is 2.70. The van der Waals surface area contributed by atoms with Gasteiger partial charge in [-0.1, -0.05) is 17.7 Å². The van der Waals surface area contributed by atoms with Gasteiger partial charge in [0.05, 0.1) is 30.4 Å². The highest BCUT2D eigenvalue weighted by Gasteiger charge is 2.19. The average molecular weight is 424 g/mol. The first-order valence-electron chi connectivity index (χ1n) is 7.99. The summed E-state index contributed by atoms with van der Waals surface area (Å²) in [5.74, 6) is -4.30. The molecule has 0 aliphatic rings. The van der Waals surface area contributed by atoms with Gasteiger partial charge in [0.1, 0.15) is 11.4 Å². The van der Waals surface area contributed by atoms with E-state index in [1.54, 1.807) is 0 Å². The van der Waals surface area contributed by atoms with Gasteiger partial charge >= 0.3 is 17.9 Å². The van der Waals surface area contributed by atoms with Crippen LogP contribution < -0.4 is 5.32 Å². The minimum atomic E-state index is -1.12. The van der Waals surface area contributed by atoms with Crippen molar-refractivity contribution in [2.45, 2.75) is 0 Å². The molecule has 2 rings (SSSR count). The summed E-state index contributed by atoms with van der Waals surface area (Å²) in [7, 11) is 2.30. The molecular weight excluding hydrogens is 409 g/mol. The molecule has 1 N–H and O–H groups in total. The number of carbonyl (C=O) groups is 4. The second-order valence-electron chi connectivity index (χ2n) is 5.50. The summed E-state index contributed by atoms with van der Waals surface area (Å²) in [6, 6.07) is 7.38. The van der Waals surface area contributed by atoms with Crippen molar-refractivity contribution in [1.29, 1.82) is 0 Å². The Hall–Kier alpha value is -3.46. The smallest absolute Gasteiger partial charge is 0.343 e. The van der Waals surface area contributed by atoms with Gasteiger partial charge in [0.25, 0.3) is 5.91 Å². The molecule has 0 heterocycles. The summed E-state index contributed by atoms with van der Waals surface area (Å²) < 4.78 is 27.7. The van der Waals surface area contributed by atoms with Crippen molar-refractivity contribution in [3.8, 4) is 0 Å². The van der Waals surface area contributed by atoms with Crippen LogP contribution in [0.15, 0.2) is 36.4 Å². The Bertz CT molecular complexity index is 923. The summed E-state index contributed by atoms with van der Waals surface area (Å²) in [5, 5.41) is 2.20. The Morgan fingerprint density at radius 1 is 0.966 bits per heavy atom. The lowest BCUT2D eigenvalue weighted by Gasteiger charge is -2.10. The number of carbonyl (C=O) groups excluding carboxylic acids is 4. The summed E-state index contributed by atoms with van der Waals surface area (Å²) in [5.41, 5.74) is -0.470. The highest BCUT2D eigenvalue weighted by atomic mass is 35.5. The molecule has 29 heavy (non-hydrogen) atoms. The second-order valence-corrected chi connectivity index (χ2v) is 5.91. The number of amides is 1. The molecule has 0 radical (unpaired) electrons. The van der Waals surface area contributed by atoms with Crippen LogP contribution in [0.1, 0.15) is 31.1 Å². The fraction of sp³-hybridized carbons (Fsp3) is 0.158. The minimum Gasteiger partial charge on any atom is -0.465 e. The van der Waals surface area contributed by atoms with E-state index in [1.165, 1.54) is 30.3 Å². The van der Waals surface area contributed by atoms with E-state index in [2.05, 4.69) is 14.8 Å². The first kappa shape index (κ1) is 21.8. The molecule has 0 saturated carbocycles. The van der Waals surface area contributed by atoms with E-state index >= 15 is 0 Å². The maximum absolute atomic E-state index is 13.7. The lowest BCUT2D eigenvalue weighted by atomic mass is 10.1. The van der Waals surface area contributed by atoms with Crippen molar-refractivity contribution in [3.63, 3.8) is 0 Å². The second kappa shape index (κ2) is 9.65. The number of anilines is 1. The monoisotopic (exact) mass is 423 g/mol. The van der Waals surface area contributed by atoms with E-state index in [1.807, 2.05) is 0 Å². The molecule has 8 nitrogen and oxygen atoms in total. The number of ether oxygens (including phenoxy) is 3. The quantitative estimate of drug-likeness (QED) is 0.562. The molecule has 0 bridgehead atoms. The largest absolute Gasteiger partial charge is 0.465 e. The minimum absolute atomic E-state index is 0.0131. The van der Waals surface area contributed by atoms with Crippen molar-refractivity contribution >= 4 is 41.1 Å². The molecule has 2 aromatic rings. The van der Waals surface area contributed by atoms with E-state index in [0.29, 0.717) is 0 Å². The number of rotatable bonds is 6. The molecule has 0 spiro atoms. The van der Waals surface area contributed by atoms with E-state index < -0.39 is 41.8 Å². The molecule has 0 aliphatic carbocycles. The normalized spacial score (nSPS) is 10.1. The van der Waals surface area contributed by atoms with E-state index in [9.17, 15) is 23.6 Å². The first-order valence-corrected chi connectivity index (χ1v) is 8.37. The molecule has 0 fully saturated rings. The highest BCUT2D eigenvalue weighted by Crippen LogP contribution is 2.20. The van der Waals surface area contributed by atoms with Crippen molar-refractivity contribution in [2.24, 2.45) is 0 Å². The van der Waals surface area contributed by atoms with Gasteiger partial charge in [-0.25, -0.2) is 18.8 Å². The molecule has 10 heteroatoms. The Morgan fingerprint density at radius 3 is 2.07 bits per heavy atom. The number of hydrogen-bond acceptors (Lipinski definition) is 7. The summed E-state index contributed by atoms with van der Waals surface area (Å²) in [6.45, 7) is -0.764. The molecule has 0 aromatic heterocycles. The van der Waals surface area contributed by atoms with Crippen LogP contribution in [0.3, 0.4) is 0 Å². The molecule has 0 atom stereocenters. The number of halogens is 2. The van der Waals surface area contributed by atoms with Crippen LogP contribution in [0.25, 0.3) is 0 Å². The van der Waals surface area contributed by atoms with Gasteiger partial charge < -0.3 is 19.5 Å². The lowest BCUT2D eigenvalue weighted by molar-refractivity contribution is -0.119. The zero-order valence-corrected chi connectivity index (χ0v) is 16.0. The third-order valence-electron chi connectivity index (χ3n) is 3.56. The van der Waals surface area contributed by atoms with Gasteiger partial charge in [-0.05, 0) is 30.3 Å². The zero-order chi connectivity index (χ0) is 21.6. The summed E-state index contributed by atoms with van der Waals surface area (Å²) in [6.07, 6.45) is 0. The SMILES string of the molecule is COC(=O)c1cc(NC(=O)COC(=O)c2c(F)cccc2Cl)cc(C(=O)OC)c1. The van der Waals surface area contributed by atoms with Crippen LogP contribution in [0, 0.1) is 5.82 Å². The van der Waals surface area contributed by atoms with Crippen molar-refractivity contribution in [3.05, 3.63) is 63.9 Å². The number of esters is 3. The van der Waals surface area contributed by atoms with Crippen molar-refractivity contribution in [1.82, 2.24) is 0 Å². The topological polar surface area (TPSA) is 108 Å². The van der Waals surface area contributed by atoms with E-state index in [4.69, 9.17) is 16.3 Å². The molecule has 2 aromatic carbocycles. The molecule has 0 aliphatic heterocycles. The van der Waals surface area contributed by atoms with Crippen LogP contribution in [-0.4, -0.2) is 44.6 Å². The van der Waals surface area contributed by atoms with Gasteiger partial charge in [-0.3, -0.25) is 4.79 Å². The summed E-state index contributed by atoms with van der Waals surface area (Å²) >= 11 is 5.76. The van der Waals surface area contributed by atoms with Crippen LogP contribution in [0.4, 0.5) is 10.1 Å². The molecule has 152 valence electrons. The Morgan fingerprint density at radius 2 is 1.55 bits per heavy atom. The molecule has 0 unspecified atom stereocenters. The number of nitrogens with one attached hydrogen (secondary N) is 1. The highest BCUT2D eigenvalue weighted by molar-refractivity contribution is 6.33. The maximum atomic E-state index is 13.7.